The topological polar surface area (TPSA) is 300 Å². The lowest BCUT2D eigenvalue weighted by Gasteiger charge is -2.34. The summed E-state index contributed by atoms with van der Waals surface area (Å²) in [6.45, 7) is 5.97. The van der Waals surface area contributed by atoms with E-state index in [0.29, 0.717) is 18.7 Å². The number of aliphatic hydroxyl groups excluding tert-OH is 1. The minimum Gasteiger partial charge on any atom is -0.497 e. The number of likely N-dealkylation sites (N-methyl/N-ethyl adjacent to an activating group) is 1. The Bertz CT molecular complexity index is 1760. The van der Waals surface area contributed by atoms with E-state index in [1.807, 2.05) is 61.5 Å². The highest BCUT2D eigenvalue weighted by Gasteiger charge is 2.37. The Morgan fingerprint density at radius 1 is 0.883 bits per heavy atom. The molecule has 60 heavy (non-hydrogen) atoms. The van der Waals surface area contributed by atoms with Gasteiger partial charge in [0.05, 0.1) is 42.8 Å². The van der Waals surface area contributed by atoms with Crippen LogP contribution < -0.4 is 48.1 Å². The number of carboxylic acid groups (broad SMARTS) is 1. The van der Waals surface area contributed by atoms with Gasteiger partial charge < -0.3 is 53.0 Å². The van der Waals surface area contributed by atoms with Crippen molar-refractivity contribution in [3.05, 3.63) is 65.7 Å². The van der Waals surface area contributed by atoms with Crippen molar-refractivity contribution in [3.8, 4) is 5.75 Å². The van der Waals surface area contributed by atoms with Crippen LogP contribution in [0.1, 0.15) is 64.5 Å². The summed E-state index contributed by atoms with van der Waals surface area (Å²) in [6.07, 6.45) is -0.126. The van der Waals surface area contributed by atoms with E-state index in [-0.39, 0.29) is 37.0 Å². The summed E-state index contributed by atoms with van der Waals surface area (Å²) >= 11 is 1.41. The van der Waals surface area contributed by atoms with Gasteiger partial charge in [-0.05, 0) is 55.9 Å². The Kier molecular flexibility index (Phi) is 21.5. The first kappa shape index (κ1) is 51.3. The predicted molar refractivity (Wildman–Crippen MR) is 234 cm³/mol. The molecular weight excluding hydrogens is 814 g/mol. The van der Waals surface area contributed by atoms with Gasteiger partial charge >= 0.3 is 5.97 Å². The second kappa shape index (κ2) is 25.1. The van der Waals surface area contributed by atoms with E-state index in [2.05, 4.69) is 41.1 Å². The van der Waals surface area contributed by atoms with E-state index < -0.39 is 89.1 Å². The molecule has 0 aliphatic carbocycles. The number of hydrogen-bond donors (Lipinski definition) is 11. The lowest BCUT2D eigenvalue weighted by atomic mass is 9.98. The van der Waals surface area contributed by atoms with Crippen molar-refractivity contribution < 1.29 is 43.7 Å². The van der Waals surface area contributed by atoms with Crippen LogP contribution in [-0.4, -0.2) is 120 Å². The lowest BCUT2D eigenvalue weighted by molar-refractivity contribution is -0.140. The number of carbonyl (C=O) groups is 6. The highest BCUT2D eigenvalue weighted by molar-refractivity contribution is 8.03. The molecule has 0 spiro atoms. The quantitative estimate of drug-likeness (QED) is 0.0246. The predicted octanol–water partition coefficient (Wildman–Crippen LogP) is 0.116. The van der Waals surface area contributed by atoms with Crippen LogP contribution >= 0.6 is 21.0 Å². The number of nitrogens with one attached hydrogen (secondary N) is 7. The van der Waals surface area contributed by atoms with Crippen molar-refractivity contribution in [1.82, 2.24) is 31.9 Å². The van der Waals surface area contributed by atoms with Gasteiger partial charge in [-0.25, -0.2) is 0 Å². The van der Waals surface area contributed by atoms with Crippen LogP contribution in [0.25, 0.3) is 0 Å². The zero-order valence-corrected chi connectivity index (χ0v) is 36.8. The fraction of sp³-hybridized carbons (Fsp3) is 0.525. The number of hydrogen-bond acceptors (Lipinski definition) is 12. The van der Waals surface area contributed by atoms with Crippen molar-refractivity contribution in [3.63, 3.8) is 0 Å². The molecular formula is C40H62N9O9PS. The smallest absolute Gasteiger partial charge is 0.305 e. The SMILES string of the molecule is CCNC(=O)[C@@H](NC(=O)[C@H](CO)NC(=O)[C@H](CCCNC(=N)N)NC(=O)[C@H](CC(=O)O)NCC(=O)[C@@](C)(N)CSC(P)(c1ccccc1)c1ccc(OC)cc1)[C@H](C)CC. The van der Waals surface area contributed by atoms with Crippen LogP contribution in [0, 0.1) is 11.3 Å². The molecule has 0 heterocycles. The van der Waals surface area contributed by atoms with Crippen LogP contribution in [0.4, 0.5) is 0 Å². The van der Waals surface area contributed by atoms with Crippen LogP contribution in [0.15, 0.2) is 54.6 Å². The number of methoxy groups -OCH3 is 1. The largest absolute Gasteiger partial charge is 0.497 e. The average molecular weight is 876 g/mol. The van der Waals surface area contributed by atoms with Crippen molar-refractivity contribution >= 4 is 62.3 Å². The molecule has 20 heteroatoms. The molecule has 0 saturated heterocycles. The summed E-state index contributed by atoms with van der Waals surface area (Å²) in [5, 5.41) is 42.6. The number of rotatable bonds is 27. The van der Waals surface area contributed by atoms with E-state index in [4.69, 9.17) is 21.6 Å². The van der Waals surface area contributed by atoms with Gasteiger partial charge in [0.2, 0.25) is 23.6 Å². The number of carboxylic acids is 1. The number of ketones is 1. The van der Waals surface area contributed by atoms with Crippen LogP contribution in [0.2, 0.25) is 0 Å². The number of guanidine groups is 1. The third kappa shape index (κ3) is 16.0. The van der Waals surface area contributed by atoms with Crippen LogP contribution in [0.5, 0.6) is 5.75 Å². The number of aliphatic hydroxyl groups is 1. The Hall–Kier alpha value is -4.81. The van der Waals surface area contributed by atoms with E-state index in [1.165, 1.54) is 11.8 Å². The first-order chi connectivity index (χ1) is 28.3. The molecule has 8 atom stereocenters. The van der Waals surface area contributed by atoms with Gasteiger partial charge in [0.25, 0.3) is 0 Å². The molecule has 13 N–H and O–H groups in total. The fourth-order valence-corrected chi connectivity index (χ4v) is 7.76. The number of amides is 4. The summed E-state index contributed by atoms with van der Waals surface area (Å²) in [6, 6.07) is 11.8. The standard InChI is InChI=1S/C40H62N9O9PS/c1-6-24(3)33(37(57)44-7-2)49-36(56)30(22-50)48-34(54)28(14-11-19-45-38(41)42)47-35(55)29(20-32(52)53)46-21-31(51)39(4,43)23-60-40(59,25-12-9-8-10-13-25)26-15-17-27(58-5)18-16-26/h8-10,12-13,15-18,24,28-30,33,46,50H,6-7,11,14,19-23,43,59H2,1-5H3,(H,44,57)(H,47,55)(H,48,54)(H,49,56)(H,52,53)(H4,41,42,45)/t24-,28+,29+,30+,33+,39+,40?/m1/s1. The van der Waals surface area contributed by atoms with Gasteiger partial charge in [-0.15, -0.1) is 21.0 Å². The maximum Gasteiger partial charge on any atom is 0.305 e. The zero-order chi connectivity index (χ0) is 45.0. The fourth-order valence-electron chi connectivity index (χ4n) is 5.83. The van der Waals surface area contributed by atoms with Gasteiger partial charge in [-0.2, -0.15) is 0 Å². The zero-order valence-electron chi connectivity index (χ0n) is 34.8. The molecule has 2 aromatic carbocycles. The molecule has 0 fully saturated rings. The molecule has 2 rings (SSSR count). The molecule has 332 valence electrons. The highest BCUT2D eigenvalue weighted by Crippen LogP contribution is 2.49. The van der Waals surface area contributed by atoms with Gasteiger partial charge in [-0.3, -0.25) is 39.5 Å². The second-order valence-corrected chi connectivity index (χ2v) is 17.1. The third-order valence-corrected chi connectivity index (χ3v) is 12.6. The molecule has 0 aromatic heterocycles. The molecule has 0 saturated carbocycles. The third-order valence-electron chi connectivity index (χ3n) is 9.74. The summed E-state index contributed by atoms with van der Waals surface area (Å²) in [5.41, 5.74) is 12.3. The molecule has 0 bridgehead atoms. The van der Waals surface area contributed by atoms with Crippen molar-refractivity contribution in [2.45, 2.75) is 87.6 Å². The Labute approximate surface area is 357 Å². The molecule has 4 amide bonds. The first-order valence-electron chi connectivity index (χ1n) is 19.6. The van der Waals surface area contributed by atoms with Crippen molar-refractivity contribution in [2.24, 2.45) is 17.4 Å². The highest BCUT2D eigenvalue weighted by atomic mass is 32.2. The molecule has 0 radical (unpaired) electrons. The molecule has 18 nitrogen and oxygen atoms in total. The molecule has 2 aromatic rings. The number of aliphatic carboxylic acids is 1. The summed E-state index contributed by atoms with van der Waals surface area (Å²) in [7, 11) is 4.43. The average Bonchev–Trinajstić information content (AvgIpc) is 3.22. The number of Topliss-reactive ketones (excluding diaryl/α,β-unsaturated/α-hetero) is 1. The van der Waals surface area contributed by atoms with Crippen molar-refractivity contribution in [1.29, 1.82) is 5.41 Å². The molecule has 2 unspecified atom stereocenters. The van der Waals surface area contributed by atoms with Crippen LogP contribution in [0.3, 0.4) is 0 Å². The van der Waals surface area contributed by atoms with Gasteiger partial charge in [-0.1, -0.05) is 62.7 Å². The summed E-state index contributed by atoms with van der Waals surface area (Å²) in [4.78, 5) is 78.8. The van der Waals surface area contributed by atoms with Crippen molar-refractivity contribution in [2.75, 3.05) is 39.1 Å². The number of thioether (sulfide) groups is 1. The van der Waals surface area contributed by atoms with E-state index in [1.54, 1.807) is 27.9 Å². The Balaban J connectivity index is 2.25. The number of ether oxygens (including phenoxy) is 1. The molecule has 0 aliphatic heterocycles. The second-order valence-electron chi connectivity index (χ2n) is 14.5. The maximum absolute atomic E-state index is 13.7. The van der Waals surface area contributed by atoms with E-state index in [0.717, 1.165) is 11.1 Å². The summed E-state index contributed by atoms with van der Waals surface area (Å²) in [5.74, 6) is -4.83. The number of carbonyl (C=O) groups excluding carboxylic acids is 5. The van der Waals surface area contributed by atoms with Gasteiger partial charge in [0.1, 0.15) is 23.9 Å². The minimum atomic E-state index is -1.52. The Morgan fingerprint density at radius 3 is 2.02 bits per heavy atom. The molecule has 0 aliphatic rings. The number of nitrogens with two attached hydrogens (primary N) is 2. The van der Waals surface area contributed by atoms with Gasteiger partial charge in [0, 0.05) is 18.8 Å². The van der Waals surface area contributed by atoms with Crippen LogP contribution in [-0.2, 0) is 33.3 Å². The monoisotopic (exact) mass is 875 g/mol. The minimum absolute atomic E-state index is 0.0742. The van der Waals surface area contributed by atoms with Gasteiger partial charge in [0.15, 0.2) is 11.7 Å². The van der Waals surface area contributed by atoms with E-state index in [9.17, 15) is 39.0 Å². The maximum atomic E-state index is 13.7. The first-order valence-corrected chi connectivity index (χ1v) is 21.2. The summed E-state index contributed by atoms with van der Waals surface area (Å²) < 4.78 is 4.60. The van der Waals surface area contributed by atoms with E-state index >= 15 is 0 Å². The lowest BCUT2D eigenvalue weighted by Crippen LogP contribution is -2.60. The normalized spacial score (nSPS) is 15.6. The Morgan fingerprint density at radius 2 is 1.47 bits per heavy atom. The number of benzene rings is 2.